The van der Waals surface area contributed by atoms with Crippen LogP contribution < -0.4 is 5.32 Å². The van der Waals surface area contributed by atoms with Crippen molar-refractivity contribution >= 4 is 24.8 Å². The summed E-state index contributed by atoms with van der Waals surface area (Å²) in [5, 5.41) is 12.3. The average molecular weight is 265 g/mol. The van der Waals surface area contributed by atoms with Gasteiger partial charge in [-0.1, -0.05) is 6.07 Å². The van der Waals surface area contributed by atoms with Crippen LogP contribution in [0.5, 0.6) is 0 Å². The second-order valence-corrected chi connectivity index (χ2v) is 3.74. The quantitative estimate of drug-likeness (QED) is 0.858. The first kappa shape index (κ1) is 15.7. The Morgan fingerprint density at radius 3 is 2.56 bits per heavy atom. The second-order valence-electron chi connectivity index (χ2n) is 3.74. The predicted octanol–water partition coefficient (Wildman–Crippen LogP) is 1.88. The summed E-state index contributed by atoms with van der Waals surface area (Å²) >= 11 is 0. The number of hydrogen-bond acceptors (Lipinski definition) is 3. The highest BCUT2D eigenvalue weighted by molar-refractivity contribution is 5.85. The normalized spacial score (nSPS) is 16.1. The highest BCUT2D eigenvalue weighted by Crippen LogP contribution is 2.23. The molecule has 1 aromatic heterocycles. The van der Waals surface area contributed by atoms with Gasteiger partial charge in [0, 0.05) is 11.6 Å². The van der Waals surface area contributed by atoms with Crippen molar-refractivity contribution in [3.63, 3.8) is 0 Å². The maximum atomic E-state index is 8.99. The van der Waals surface area contributed by atoms with Gasteiger partial charge in [-0.05, 0) is 38.1 Å². The van der Waals surface area contributed by atoms with Crippen LogP contribution in [-0.2, 0) is 6.61 Å². The number of halogens is 2. The standard InChI is InChI=1S/C11H16N2O.2ClH/c14-8-10-2-1-3-11(13-10)9-4-6-12-7-5-9;;/h1-3,9,12,14H,4-8H2;2*1H. The van der Waals surface area contributed by atoms with E-state index in [-0.39, 0.29) is 31.4 Å². The summed E-state index contributed by atoms with van der Waals surface area (Å²) in [6, 6.07) is 5.91. The molecule has 1 aliphatic rings. The summed E-state index contributed by atoms with van der Waals surface area (Å²) in [4.78, 5) is 4.44. The van der Waals surface area contributed by atoms with E-state index >= 15 is 0 Å². The van der Waals surface area contributed by atoms with Crippen LogP contribution in [0, 0.1) is 0 Å². The van der Waals surface area contributed by atoms with E-state index in [0.717, 1.165) is 37.3 Å². The third-order valence-electron chi connectivity index (χ3n) is 2.75. The zero-order valence-electron chi connectivity index (χ0n) is 9.06. The van der Waals surface area contributed by atoms with Gasteiger partial charge < -0.3 is 10.4 Å². The number of piperidine rings is 1. The zero-order chi connectivity index (χ0) is 9.80. The van der Waals surface area contributed by atoms with Gasteiger partial charge in [-0.3, -0.25) is 4.98 Å². The molecular formula is C11H18Cl2N2O. The molecule has 0 saturated carbocycles. The third kappa shape index (κ3) is 3.91. The largest absolute Gasteiger partial charge is 0.390 e. The van der Waals surface area contributed by atoms with Gasteiger partial charge >= 0.3 is 0 Å². The number of hydrogen-bond donors (Lipinski definition) is 2. The third-order valence-corrected chi connectivity index (χ3v) is 2.75. The van der Waals surface area contributed by atoms with E-state index in [1.807, 2.05) is 12.1 Å². The molecule has 2 rings (SSSR count). The molecule has 1 aliphatic heterocycles. The van der Waals surface area contributed by atoms with Crippen LogP contribution in [0.4, 0.5) is 0 Å². The summed E-state index contributed by atoms with van der Waals surface area (Å²) in [6.45, 7) is 2.20. The maximum absolute atomic E-state index is 8.99. The van der Waals surface area contributed by atoms with Crippen LogP contribution in [0.25, 0.3) is 0 Å². The summed E-state index contributed by atoms with van der Waals surface area (Å²) in [7, 11) is 0. The van der Waals surface area contributed by atoms with E-state index in [4.69, 9.17) is 5.11 Å². The Balaban J connectivity index is 0.00000112. The topological polar surface area (TPSA) is 45.1 Å². The summed E-state index contributed by atoms with van der Waals surface area (Å²) in [6.07, 6.45) is 2.31. The van der Waals surface area contributed by atoms with E-state index < -0.39 is 0 Å². The molecule has 1 fully saturated rings. The first-order valence-electron chi connectivity index (χ1n) is 5.17. The fourth-order valence-corrected chi connectivity index (χ4v) is 1.93. The fraction of sp³-hybridized carbons (Fsp3) is 0.545. The van der Waals surface area contributed by atoms with Gasteiger partial charge in [0.25, 0.3) is 0 Å². The fourth-order valence-electron chi connectivity index (χ4n) is 1.93. The lowest BCUT2D eigenvalue weighted by atomic mass is 9.94. The highest BCUT2D eigenvalue weighted by Gasteiger charge is 2.16. The van der Waals surface area contributed by atoms with E-state index in [9.17, 15) is 0 Å². The summed E-state index contributed by atoms with van der Waals surface area (Å²) < 4.78 is 0. The van der Waals surface area contributed by atoms with Gasteiger partial charge in [0.2, 0.25) is 0 Å². The van der Waals surface area contributed by atoms with Crippen LogP contribution >= 0.6 is 24.8 Å². The monoisotopic (exact) mass is 264 g/mol. The highest BCUT2D eigenvalue weighted by atomic mass is 35.5. The minimum atomic E-state index is 0. The Hall–Kier alpha value is -0.350. The Bertz CT molecular complexity index is 304. The lowest BCUT2D eigenvalue weighted by molar-refractivity contribution is 0.276. The van der Waals surface area contributed by atoms with Gasteiger partial charge in [-0.25, -0.2) is 0 Å². The van der Waals surface area contributed by atoms with Crippen molar-refractivity contribution in [1.29, 1.82) is 0 Å². The molecule has 16 heavy (non-hydrogen) atoms. The predicted molar refractivity (Wildman–Crippen MR) is 69.5 cm³/mol. The SMILES string of the molecule is Cl.Cl.OCc1cccc(C2CCNCC2)n1. The maximum Gasteiger partial charge on any atom is 0.0853 e. The lowest BCUT2D eigenvalue weighted by Gasteiger charge is -2.22. The van der Waals surface area contributed by atoms with Crippen LogP contribution in [0.15, 0.2) is 18.2 Å². The second kappa shape index (κ2) is 7.85. The Labute approximate surface area is 108 Å². The molecule has 3 nitrogen and oxygen atoms in total. The lowest BCUT2D eigenvalue weighted by Crippen LogP contribution is -2.27. The summed E-state index contributed by atoms with van der Waals surface area (Å²) in [5.74, 6) is 0.572. The molecule has 0 bridgehead atoms. The molecule has 92 valence electrons. The Morgan fingerprint density at radius 2 is 1.94 bits per heavy atom. The number of nitrogens with one attached hydrogen (secondary N) is 1. The van der Waals surface area contributed by atoms with Crippen LogP contribution in [-0.4, -0.2) is 23.2 Å². The van der Waals surface area contributed by atoms with Crippen molar-refractivity contribution in [3.05, 3.63) is 29.6 Å². The van der Waals surface area contributed by atoms with Crippen molar-refractivity contribution in [2.75, 3.05) is 13.1 Å². The molecule has 0 unspecified atom stereocenters. The van der Waals surface area contributed by atoms with E-state index in [2.05, 4.69) is 16.4 Å². The van der Waals surface area contributed by atoms with Gasteiger partial charge in [-0.15, -0.1) is 24.8 Å². The number of aliphatic hydroxyl groups excluding tert-OH is 1. The Kier molecular flexibility index (Phi) is 7.68. The molecule has 1 aromatic rings. The molecule has 0 aliphatic carbocycles. The minimum Gasteiger partial charge on any atom is -0.390 e. The first-order valence-corrected chi connectivity index (χ1v) is 5.17. The summed E-state index contributed by atoms with van der Waals surface area (Å²) in [5.41, 5.74) is 1.92. The van der Waals surface area contributed by atoms with Crippen molar-refractivity contribution in [2.24, 2.45) is 0 Å². The molecular weight excluding hydrogens is 247 g/mol. The number of pyridine rings is 1. The van der Waals surface area contributed by atoms with Crippen molar-refractivity contribution in [2.45, 2.75) is 25.4 Å². The molecule has 0 spiro atoms. The molecule has 0 amide bonds. The molecule has 0 radical (unpaired) electrons. The zero-order valence-corrected chi connectivity index (χ0v) is 10.7. The van der Waals surface area contributed by atoms with Crippen molar-refractivity contribution < 1.29 is 5.11 Å². The molecule has 2 N–H and O–H groups in total. The van der Waals surface area contributed by atoms with Crippen LogP contribution in [0.3, 0.4) is 0 Å². The van der Waals surface area contributed by atoms with E-state index in [1.165, 1.54) is 0 Å². The molecule has 1 saturated heterocycles. The number of aliphatic hydroxyl groups is 1. The van der Waals surface area contributed by atoms with Gasteiger partial charge in [0.15, 0.2) is 0 Å². The number of aromatic nitrogens is 1. The molecule has 0 atom stereocenters. The molecule has 2 heterocycles. The Morgan fingerprint density at radius 1 is 1.25 bits per heavy atom. The number of nitrogens with zero attached hydrogens (tertiary/aromatic N) is 1. The molecule has 5 heteroatoms. The first-order chi connectivity index (χ1) is 6.90. The molecule has 0 aromatic carbocycles. The van der Waals surface area contributed by atoms with Crippen molar-refractivity contribution in [3.8, 4) is 0 Å². The average Bonchev–Trinajstić information content (AvgIpc) is 2.30. The van der Waals surface area contributed by atoms with Gasteiger partial charge in [-0.2, -0.15) is 0 Å². The van der Waals surface area contributed by atoms with Crippen LogP contribution in [0.1, 0.15) is 30.1 Å². The van der Waals surface area contributed by atoms with E-state index in [0.29, 0.717) is 5.92 Å². The number of rotatable bonds is 2. The van der Waals surface area contributed by atoms with Crippen molar-refractivity contribution in [1.82, 2.24) is 10.3 Å². The van der Waals surface area contributed by atoms with E-state index in [1.54, 1.807) is 0 Å². The smallest absolute Gasteiger partial charge is 0.0853 e. The minimum absolute atomic E-state index is 0. The van der Waals surface area contributed by atoms with Gasteiger partial charge in [0.1, 0.15) is 0 Å². The van der Waals surface area contributed by atoms with Crippen LogP contribution in [0.2, 0.25) is 0 Å². The van der Waals surface area contributed by atoms with Gasteiger partial charge in [0.05, 0.1) is 12.3 Å².